The lowest BCUT2D eigenvalue weighted by Gasteiger charge is -2.31. The van der Waals surface area contributed by atoms with Crippen LogP contribution in [0.25, 0.3) is 32.9 Å². The molecule has 2 aromatic carbocycles. The van der Waals surface area contributed by atoms with Gasteiger partial charge in [-0.05, 0) is 83.5 Å². The summed E-state index contributed by atoms with van der Waals surface area (Å²) < 4.78 is 64.1. The summed E-state index contributed by atoms with van der Waals surface area (Å²) >= 11 is 0. The first-order chi connectivity index (χ1) is 26.2. The number of pyridine rings is 1. The number of hydrogen-bond donors (Lipinski definition) is 2. The van der Waals surface area contributed by atoms with E-state index in [4.69, 9.17) is 25.6 Å². The summed E-state index contributed by atoms with van der Waals surface area (Å²) in [5, 5.41) is 5.06. The molecule has 0 radical (unpaired) electrons. The summed E-state index contributed by atoms with van der Waals surface area (Å²) in [6.07, 6.45) is 10.1. The van der Waals surface area contributed by atoms with Crippen LogP contribution < -0.4 is 25.2 Å². The van der Waals surface area contributed by atoms with Crippen LogP contribution in [-0.2, 0) is 9.53 Å². The molecule has 290 valence electrons. The van der Waals surface area contributed by atoms with E-state index in [-0.39, 0.29) is 46.1 Å². The van der Waals surface area contributed by atoms with Gasteiger partial charge in [0.2, 0.25) is 0 Å². The van der Waals surface area contributed by atoms with Crippen molar-refractivity contribution in [3.8, 4) is 35.4 Å². The van der Waals surface area contributed by atoms with E-state index in [2.05, 4.69) is 31.5 Å². The van der Waals surface area contributed by atoms with Crippen LogP contribution >= 0.6 is 0 Å². The molecule has 55 heavy (non-hydrogen) atoms. The van der Waals surface area contributed by atoms with Gasteiger partial charge in [-0.1, -0.05) is 18.4 Å². The van der Waals surface area contributed by atoms with Gasteiger partial charge in [0.05, 0.1) is 16.5 Å². The van der Waals surface area contributed by atoms with Crippen LogP contribution in [0, 0.1) is 24.0 Å². The number of hydrazine groups is 1. The molecular formula is C40H44F3N7O5. The van der Waals surface area contributed by atoms with Crippen LogP contribution in [-0.4, -0.2) is 88.1 Å². The summed E-state index contributed by atoms with van der Waals surface area (Å²) in [5.74, 6) is 0.408. The number of terminal acetylenes is 1. The van der Waals surface area contributed by atoms with E-state index in [9.17, 15) is 14.0 Å². The zero-order chi connectivity index (χ0) is 39.1. The molecule has 0 bridgehead atoms. The first kappa shape index (κ1) is 38.1. The van der Waals surface area contributed by atoms with Crippen LogP contribution in [0.2, 0.25) is 0 Å². The van der Waals surface area contributed by atoms with Crippen molar-refractivity contribution < 1.29 is 37.0 Å². The lowest BCUT2D eigenvalue weighted by Crippen LogP contribution is -2.43. The maximum Gasteiger partial charge on any atom is 0.413 e. The average molecular weight is 760 g/mol. The molecule has 3 saturated heterocycles. The lowest BCUT2D eigenvalue weighted by molar-refractivity contribution is -0.156. The van der Waals surface area contributed by atoms with E-state index in [1.807, 2.05) is 5.01 Å². The molecule has 7 rings (SSSR count). The molecule has 4 aromatic rings. The maximum absolute atomic E-state index is 17.2. The van der Waals surface area contributed by atoms with Gasteiger partial charge >= 0.3 is 18.1 Å². The highest BCUT2D eigenvalue weighted by Crippen LogP contribution is 2.42. The highest BCUT2D eigenvalue weighted by molar-refractivity contribution is 6.03. The zero-order valence-electron chi connectivity index (χ0n) is 31.3. The Kier molecular flexibility index (Phi) is 10.5. The van der Waals surface area contributed by atoms with E-state index in [0.717, 1.165) is 44.7 Å². The van der Waals surface area contributed by atoms with Crippen molar-refractivity contribution in [3.05, 3.63) is 47.7 Å². The highest BCUT2D eigenvalue weighted by atomic mass is 19.1. The Morgan fingerprint density at radius 3 is 2.75 bits per heavy atom. The molecule has 0 aliphatic carbocycles. The Morgan fingerprint density at radius 2 is 1.96 bits per heavy atom. The molecule has 5 heterocycles. The van der Waals surface area contributed by atoms with Crippen LogP contribution in [0.4, 0.5) is 23.8 Å². The summed E-state index contributed by atoms with van der Waals surface area (Å²) in [6.45, 7) is 9.06. The number of alkyl halides is 1. The predicted octanol–water partition coefficient (Wildman–Crippen LogP) is 6.37. The Balaban J connectivity index is 1.31. The number of anilines is 1. The summed E-state index contributed by atoms with van der Waals surface area (Å²) in [6, 6.07) is 4.23. The van der Waals surface area contributed by atoms with Gasteiger partial charge in [0.25, 0.3) is 0 Å². The van der Waals surface area contributed by atoms with Gasteiger partial charge in [0, 0.05) is 43.2 Å². The van der Waals surface area contributed by atoms with Gasteiger partial charge in [-0.15, -0.1) is 6.42 Å². The standard InChI is InChI=1S/C40H44F3N7O5/c1-6-27-30(42)12-11-24-17-26(54-38(52)46-23(2)36(51)55-39(3,4)5)18-28(31(24)27)33-32(43)34-29(20-44-33)35(50-16-9-7-8-14-45-50)48-37(47-34)53-22-40-13-10-15-49(40)21-25(41)19-40/h1,11-12,17-18,20,23,25,45H,7-10,13-16,19,21-22H2,2-5H3,(H,46,52)/t23-,25+,40-/m0/s1. The third-order valence-electron chi connectivity index (χ3n) is 10.2. The lowest BCUT2D eigenvalue weighted by atomic mass is 9.95. The van der Waals surface area contributed by atoms with Crippen LogP contribution in [0.15, 0.2) is 30.5 Å². The van der Waals surface area contributed by atoms with Crippen molar-refractivity contribution in [2.75, 3.05) is 37.8 Å². The molecule has 1 amide bonds. The molecule has 0 unspecified atom stereocenters. The normalized spacial score (nSPS) is 20.8. The number of hydrogen-bond acceptors (Lipinski definition) is 11. The quantitative estimate of drug-likeness (QED) is 0.154. The molecule has 2 aromatic heterocycles. The van der Waals surface area contributed by atoms with Crippen molar-refractivity contribution in [1.29, 1.82) is 0 Å². The van der Waals surface area contributed by atoms with Gasteiger partial charge in [-0.2, -0.15) is 9.97 Å². The topological polar surface area (TPSA) is 131 Å². The number of nitrogens with one attached hydrogen (secondary N) is 2. The number of carbonyl (C=O) groups is 2. The fraction of sp³-hybridized carbons (Fsp3) is 0.475. The van der Waals surface area contributed by atoms with Crippen molar-refractivity contribution >= 4 is 39.6 Å². The molecule has 2 N–H and O–H groups in total. The number of halogens is 3. The smallest absolute Gasteiger partial charge is 0.413 e. The molecule has 3 aliphatic rings. The van der Waals surface area contributed by atoms with Crippen molar-refractivity contribution in [2.45, 2.75) is 89.6 Å². The van der Waals surface area contributed by atoms with E-state index >= 15 is 8.78 Å². The summed E-state index contributed by atoms with van der Waals surface area (Å²) in [4.78, 5) is 41.4. The molecule has 3 aliphatic heterocycles. The number of benzene rings is 2. The van der Waals surface area contributed by atoms with Gasteiger partial charge in [0.1, 0.15) is 47.2 Å². The number of aromatic nitrogens is 3. The fourth-order valence-electron chi connectivity index (χ4n) is 7.74. The SMILES string of the molecule is C#Cc1c(F)ccc2cc(OC(=O)N[C@@H](C)C(=O)OC(C)(C)C)cc(-c3ncc4c(N5CCCCCN5)nc(OC[C@@]56CCCN5C[C@H](F)C6)nc4c3F)c12. The Bertz CT molecular complexity index is 2180. The number of fused-ring (bicyclic) bond motifs is 3. The van der Waals surface area contributed by atoms with Crippen LogP contribution in [0.5, 0.6) is 11.8 Å². The zero-order valence-corrected chi connectivity index (χ0v) is 31.3. The highest BCUT2D eigenvalue weighted by Gasteiger charge is 2.49. The summed E-state index contributed by atoms with van der Waals surface area (Å²) in [5.41, 5.74) is 1.61. The number of nitrogens with zero attached hydrogens (tertiary/aromatic N) is 5. The molecule has 12 nitrogen and oxygen atoms in total. The van der Waals surface area contributed by atoms with Crippen LogP contribution in [0.3, 0.4) is 0 Å². The van der Waals surface area contributed by atoms with E-state index in [0.29, 0.717) is 42.6 Å². The third-order valence-corrected chi connectivity index (χ3v) is 10.2. The number of carbonyl (C=O) groups excluding carboxylic acids is 2. The number of amides is 1. The predicted molar refractivity (Wildman–Crippen MR) is 200 cm³/mol. The summed E-state index contributed by atoms with van der Waals surface area (Å²) in [7, 11) is 0. The molecule has 3 atom stereocenters. The van der Waals surface area contributed by atoms with Gasteiger partial charge in [-0.3, -0.25) is 14.9 Å². The third kappa shape index (κ3) is 7.83. The largest absolute Gasteiger partial charge is 0.461 e. The van der Waals surface area contributed by atoms with E-state index in [1.165, 1.54) is 31.3 Å². The minimum Gasteiger partial charge on any atom is -0.461 e. The fourth-order valence-corrected chi connectivity index (χ4v) is 7.74. The average Bonchev–Trinajstić information content (AvgIpc) is 3.51. The Hall–Kier alpha value is -5.20. The van der Waals surface area contributed by atoms with E-state index in [1.54, 1.807) is 20.8 Å². The molecule has 0 spiro atoms. The molecule has 3 fully saturated rings. The van der Waals surface area contributed by atoms with Crippen molar-refractivity contribution in [2.24, 2.45) is 0 Å². The van der Waals surface area contributed by atoms with Crippen LogP contribution in [0.1, 0.15) is 71.8 Å². The van der Waals surface area contributed by atoms with Crippen molar-refractivity contribution in [3.63, 3.8) is 0 Å². The monoisotopic (exact) mass is 759 g/mol. The first-order valence-electron chi connectivity index (χ1n) is 18.6. The minimum atomic E-state index is -1.05. The Labute approximate surface area is 317 Å². The second-order valence-corrected chi connectivity index (χ2v) is 15.4. The Morgan fingerprint density at radius 1 is 1.15 bits per heavy atom. The minimum absolute atomic E-state index is 0.0308. The molecule has 0 saturated carbocycles. The van der Waals surface area contributed by atoms with Gasteiger partial charge in [-0.25, -0.2) is 28.2 Å². The molecular weight excluding hydrogens is 715 g/mol. The van der Waals surface area contributed by atoms with Crippen molar-refractivity contribution in [1.82, 2.24) is 30.6 Å². The number of ether oxygens (including phenoxy) is 3. The maximum atomic E-state index is 17.2. The first-order valence-corrected chi connectivity index (χ1v) is 18.6. The van der Waals surface area contributed by atoms with Gasteiger partial charge in [0.15, 0.2) is 11.6 Å². The van der Waals surface area contributed by atoms with E-state index < -0.39 is 47.1 Å². The van der Waals surface area contributed by atoms with Gasteiger partial charge < -0.3 is 19.5 Å². The number of rotatable bonds is 8. The second-order valence-electron chi connectivity index (χ2n) is 15.4. The molecule has 15 heteroatoms. The second kappa shape index (κ2) is 15.1. The number of esters is 1.